The summed E-state index contributed by atoms with van der Waals surface area (Å²) in [6.07, 6.45) is 11.1. The van der Waals surface area contributed by atoms with Crippen molar-refractivity contribution in [2.24, 2.45) is 0 Å². The van der Waals surface area contributed by atoms with Crippen molar-refractivity contribution in [2.75, 3.05) is 13.1 Å². The molecule has 3 nitrogen and oxygen atoms in total. The number of carbonyl (C=O) groups excluding carboxylic acids is 1. The fraction of sp³-hybridized carbons (Fsp3) is 0.611. The maximum Gasteiger partial charge on any atom is 0.315 e. The Morgan fingerprint density at radius 3 is 2.00 bits per heavy atom. The van der Waals surface area contributed by atoms with E-state index in [1.54, 1.807) is 0 Å². The van der Waals surface area contributed by atoms with E-state index in [1.165, 1.54) is 16.7 Å². The van der Waals surface area contributed by atoms with E-state index in [2.05, 4.69) is 56.6 Å². The topological polar surface area (TPSA) is 41.1 Å². The Morgan fingerprint density at radius 2 is 1.43 bits per heavy atom. The number of hydrogen-bond acceptors (Lipinski definition) is 1. The number of urea groups is 1. The van der Waals surface area contributed by atoms with Gasteiger partial charge in [-0.3, -0.25) is 0 Å². The van der Waals surface area contributed by atoms with E-state index in [0.717, 1.165) is 25.7 Å². The van der Waals surface area contributed by atoms with Gasteiger partial charge >= 0.3 is 6.03 Å². The quantitative estimate of drug-likeness (QED) is 0.593. The third kappa shape index (κ3) is 13.2. The van der Waals surface area contributed by atoms with Crippen LogP contribution in [0.1, 0.15) is 60.3 Å². The van der Waals surface area contributed by atoms with Crippen LogP contribution in [-0.2, 0) is 0 Å². The van der Waals surface area contributed by atoms with Gasteiger partial charge in [0.2, 0.25) is 0 Å². The summed E-state index contributed by atoms with van der Waals surface area (Å²) in [5.74, 6) is 0. The molecule has 0 aliphatic carbocycles. The fourth-order valence-corrected chi connectivity index (χ4v) is 1.88. The molecule has 0 aliphatic rings. The lowest BCUT2D eigenvalue weighted by Crippen LogP contribution is -2.35. The highest BCUT2D eigenvalue weighted by Crippen LogP contribution is 2.11. The molecule has 0 spiro atoms. The van der Waals surface area contributed by atoms with Crippen molar-refractivity contribution in [1.29, 1.82) is 0 Å². The highest BCUT2D eigenvalue weighted by atomic mass is 16.2. The Kier molecular flexibility index (Phi) is 11.4. The Labute approximate surface area is 130 Å². The van der Waals surface area contributed by atoms with E-state index >= 15 is 0 Å². The van der Waals surface area contributed by atoms with Gasteiger partial charge in [0.05, 0.1) is 0 Å². The molecule has 0 radical (unpaired) electrons. The second-order valence-corrected chi connectivity index (χ2v) is 5.70. The molecule has 2 amide bonds. The van der Waals surface area contributed by atoms with Crippen LogP contribution in [0.3, 0.4) is 0 Å². The summed E-state index contributed by atoms with van der Waals surface area (Å²) in [7, 11) is 0. The van der Waals surface area contributed by atoms with E-state index in [0.29, 0.717) is 13.1 Å². The second kappa shape index (κ2) is 12.2. The molecule has 0 saturated heterocycles. The molecule has 0 aromatic rings. The van der Waals surface area contributed by atoms with Gasteiger partial charge in [-0.1, -0.05) is 34.9 Å². The normalized spacial score (nSPS) is 12.0. The third-order valence-electron chi connectivity index (χ3n) is 3.17. The smallest absolute Gasteiger partial charge is 0.315 e. The van der Waals surface area contributed by atoms with Crippen LogP contribution in [-0.4, -0.2) is 19.1 Å². The standard InChI is InChI=1S/C18H32N2O/c1-6-19-18(21)20-14-13-17(5)12-8-11-16(4)10-7-9-15(2)3/h9,11,13H,6-8,10,12,14H2,1-5H3,(H2,19,20,21). The number of nitrogens with one attached hydrogen (secondary N) is 2. The molecular formula is C18H32N2O. The van der Waals surface area contributed by atoms with Crippen molar-refractivity contribution >= 4 is 6.03 Å². The third-order valence-corrected chi connectivity index (χ3v) is 3.17. The van der Waals surface area contributed by atoms with Crippen LogP contribution in [0, 0.1) is 0 Å². The van der Waals surface area contributed by atoms with Gasteiger partial charge in [-0.2, -0.15) is 0 Å². The monoisotopic (exact) mass is 292 g/mol. The first-order valence-corrected chi connectivity index (χ1v) is 7.92. The van der Waals surface area contributed by atoms with Gasteiger partial charge in [0.15, 0.2) is 0 Å². The molecular weight excluding hydrogens is 260 g/mol. The summed E-state index contributed by atoms with van der Waals surface area (Å²) >= 11 is 0. The van der Waals surface area contributed by atoms with Crippen molar-refractivity contribution in [3.05, 3.63) is 34.9 Å². The van der Waals surface area contributed by atoms with Crippen LogP contribution >= 0.6 is 0 Å². The van der Waals surface area contributed by atoms with E-state index < -0.39 is 0 Å². The molecule has 21 heavy (non-hydrogen) atoms. The molecule has 0 rings (SSSR count). The van der Waals surface area contributed by atoms with Gasteiger partial charge in [-0.25, -0.2) is 4.79 Å². The maximum absolute atomic E-state index is 11.2. The van der Waals surface area contributed by atoms with E-state index in [-0.39, 0.29) is 6.03 Å². The minimum absolute atomic E-state index is 0.100. The Bertz CT molecular complexity index is 388. The van der Waals surface area contributed by atoms with Crippen molar-refractivity contribution in [1.82, 2.24) is 10.6 Å². The van der Waals surface area contributed by atoms with Crippen LogP contribution in [0.2, 0.25) is 0 Å². The molecule has 0 heterocycles. The first-order chi connectivity index (χ1) is 9.95. The molecule has 0 aliphatic heterocycles. The molecule has 0 aromatic heterocycles. The number of amides is 2. The zero-order valence-electron chi connectivity index (χ0n) is 14.4. The number of allylic oxidation sites excluding steroid dienone is 5. The number of rotatable bonds is 9. The summed E-state index contributed by atoms with van der Waals surface area (Å²) in [5.41, 5.74) is 4.17. The van der Waals surface area contributed by atoms with Gasteiger partial charge in [0, 0.05) is 13.1 Å². The summed E-state index contributed by atoms with van der Waals surface area (Å²) < 4.78 is 0. The van der Waals surface area contributed by atoms with Gasteiger partial charge in [-0.15, -0.1) is 0 Å². The summed E-state index contributed by atoms with van der Waals surface area (Å²) in [6, 6.07) is -0.100. The first kappa shape index (κ1) is 19.5. The van der Waals surface area contributed by atoms with Gasteiger partial charge in [-0.05, 0) is 60.3 Å². The maximum atomic E-state index is 11.2. The van der Waals surface area contributed by atoms with Crippen LogP contribution in [0.15, 0.2) is 34.9 Å². The van der Waals surface area contributed by atoms with Crippen LogP contribution in [0.25, 0.3) is 0 Å². The van der Waals surface area contributed by atoms with Gasteiger partial charge in [0.25, 0.3) is 0 Å². The number of carbonyl (C=O) groups is 1. The largest absolute Gasteiger partial charge is 0.338 e. The van der Waals surface area contributed by atoms with E-state index in [4.69, 9.17) is 0 Å². The lowest BCUT2D eigenvalue weighted by atomic mass is 10.1. The summed E-state index contributed by atoms with van der Waals surface area (Å²) in [4.78, 5) is 11.2. The molecule has 0 saturated carbocycles. The minimum Gasteiger partial charge on any atom is -0.338 e. The molecule has 3 heteroatoms. The molecule has 2 N–H and O–H groups in total. The zero-order valence-corrected chi connectivity index (χ0v) is 14.4. The Morgan fingerprint density at radius 1 is 0.857 bits per heavy atom. The first-order valence-electron chi connectivity index (χ1n) is 7.92. The van der Waals surface area contributed by atoms with Crippen molar-refractivity contribution < 1.29 is 4.79 Å². The predicted octanol–water partition coefficient (Wildman–Crippen LogP) is 4.72. The van der Waals surface area contributed by atoms with Gasteiger partial charge < -0.3 is 10.6 Å². The molecule has 0 aromatic carbocycles. The minimum atomic E-state index is -0.100. The van der Waals surface area contributed by atoms with Crippen LogP contribution in [0.5, 0.6) is 0 Å². The van der Waals surface area contributed by atoms with E-state index in [9.17, 15) is 4.79 Å². The average molecular weight is 292 g/mol. The predicted molar refractivity (Wildman–Crippen MR) is 92.5 cm³/mol. The summed E-state index contributed by atoms with van der Waals surface area (Å²) in [6.45, 7) is 11.8. The lowest BCUT2D eigenvalue weighted by molar-refractivity contribution is 0.242. The molecule has 0 unspecified atom stereocenters. The Hall–Kier alpha value is -1.51. The van der Waals surface area contributed by atoms with Crippen LogP contribution < -0.4 is 10.6 Å². The van der Waals surface area contributed by atoms with Crippen molar-refractivity contribution in [3.8, 4) is 0 Å². The highest BCUT2D eigenvalue weighted by molar-refractivity contribution is 5.73. The molecule has 120 valence electrons. The zero-order chi connectivity index (χ0) is 16.1. The van der Waals surface area contributed by atoms with Gasteiger partial charge in [0.1, 0.15) is 0 Å². The van der Waals surface area contributed by atoms with Crippen LogP contribution in [0.4, 0.5) is 4.79 Å². The average Bonchev–Trinajstić information content (AvgIpc) is 2.38. The fourth-order valence-electron chi connectivity index (χ4n) is 1.88. The number of hydrogen-bond donors (Lipinski definition) is 2. The second-order valence-electron chi connectivity index (χ2n) is 5.70. The SMILES string of the molecule is CCNC(=O)NCC=C(C)CCC=C(C)CCC=C(C)C. The summed E-state index contributed by atoms with van der Waals surface area (Å²) in [5, 5.41) is 5.52. The van der Waals surface area contributed by atoms with Crippen molar-refractivity contribution in [2.45, 2.75) is 60.3 Å². The van der Waals surface area contributed by atoms with Crippen molar-refractivity contribution in [3.63, 3.8) is 0 Å². The molecule has 0 fully saturated rings. The van der Waals surface area contributed by atoms with E-state index in [1.807, 2.05) is 6.92 Å². The molecule has 0 bridgehead atoms. The Balaban J connectivity index is 3.88. The lowest BCUT2D eigenvalue weighted by Gasteiger charge is -2.04. The highest BCUT2D eigenvalue weighted by Gasteiger charge is 1.95. The molecule has 0 atom stereocenters.